The van der Waals surface area contributed by atoms with E-state index in [9.17, 15) is 4.79 Å². The second-order valence-electron chi connectivity index (χ2n) is 6.08. The minimum absolute atomic E-state index is 0.168. The molecule has 0 spiro atoms. The van der Waals surface area contributed by atoms with Crippen LogP contribution < -0.4 is 10.1 Å². The third-order valence-corrected chi connectivity index (χ3v) is 4.49. The van der Waals surface area contributed by atoms with E-state index in [1.807, 2.05) is 24.6 Å². The van der Waals surface area contributed by atoms with Gasteiger partial charge in [-0.1, -0.05) is 16.8 Å². The van der Waals surface area contributed by atoms with Crippen molar-refractivity contribution in [2.75, 3.05) is 0 Å². The standard InChI is InChI=1S/C19H21ClN4O3/c1-4-24-17(9-10-21-24)12(2)22-19(25)18-16(13(3)27-23-18)11-26-15-7-5-14(20)6-8-15/h5-10,12H,4,11H2,1-3H3,(H,22,25). The van der Waals surface area contributed by atoms with Crippen LogP contribution in [0.5, 0.6) is 5.75 Å². The number of nitrogens with zero attached hydrogens (tertiary/aromatic N) is 3. The molecular formula is C19H21ClN4O3. The first-order chi connectivity index (χ1) is 13.0. The molecule has 0 aliphatic carbocycles. The highest BCUT2D eigenvalue weighted by Gasteiger charge is 2.23. The smallest absolute Gasteiger partial charge is 0.274 e. The number of rotatable bonds is 7. The van der Waals surface area contributed by atoms with E-state index in [2.05, 4.69) is 15.6 Å². The minimum atomic E-state index is -0.321. The topological polar surface area (TPSA) is 82.2 Å². The molecule has 1 N–H and O–H groups in total. The molecule has 0 bridgehead atoms. The van der Waals surface area contributed by atoms with Crippen molar-refractivity contribution in [1.82, 2.24) is 20.3 Å². The Hall–Kier alpha value is -2.80. The number of halogens is 1. The molecule has 0 fully saturated rings. The Labute approximate surface area is 162 Å². The highest BCUT2D eigenvalue weighted by molar-refractivity contribution is 6.30. The fraction of sp³-hybridized carbons (Fsp3) is 0.316. The Morgan fingerprint density at radius 2 is 2.07 bits per heavy atom. The summed E-state index contributed by atoms with van der Waals surface area (Å²) in [6, 6.07) is 8.67. The number of hydrogen-bond donors (Lipinski definition) is 1. The molecular weight excluding hydrogens is 368 g/mol. The molecule has 142 valence electrons. The molecule has 0 aliphatic heterocycles. The highest BCUT2D eigenvalue weighted by atomic mass is 35.5. The average molecular weight is 389 g/mol. The Bertz CT molecular complexity index is 917. The van der Waals surface area contributed by atoms with E-state index >= 15 is 0 Å². The Morgan fingerprint density at radius 1 is 1.33 bits per heavy atom. The molecule has 2 heterocycles. The lowest BCUT2D eigenvalue weighted by Gasteiger charge is -2.15. The summed E-state index contributed by atoms with van der Waals surface area (Å²) in [6.07, 6.45) is 1.72. The molecule has 1 amide bonds. The molecule has 7 nitrogen and oxygen atoms in total. The predicted octanol–water partition coefficient (Wildman–Crippen LogP) is 3.92. The third kappa shape index (κ3) is 4.31. The molecule has 1 aromatic carbocycles. The van der Waals surface area contributed by atoms with Crippen LogP contribution in [-0.4, -0.2) is 20.8 Å². The zero-order valence-corrected chi connectivity index (χ0v) is 16.2. The molecule has 1 unspecified atom stereocenters. The summed E-state index contributed by atoms with van der Waals surface area (Å²) in [6.45, 7) is 6.54. The van der Waals surface area contributed by atoms with Crippen LogP contribution in [0, 0.1) is 6.92 Å². The molecule has 2 aromatic heterocycles. The fourth-order valence-corrected chi connectivity index (χ4v) is 2.87. The number of aryl methyl sites for hydroxylation is 2. The quantitative estimate of drug-likeness (QED) is 0.663. The summed E-state index contributed by atoms with van der Waals surface area (Å²) < 4.78 is 12.8. The van der Waals surface area contributed by atoms with Crippen LogP contribution in [0.3, 0.4) is 0 Å². The Balaban J connectivity index is 1.71. The summed E-state index contributed by atoms with van der Waals surface area (Å²) in [5, 5.41) is 11.7. The Kier molecular flexibility index (Phi) is 5.81. The average Bonchev–Trinajstić information content (AvgIpc) is 3.27. The lowest BCUT2D eigenvalue weighted by atomic mass is 10.1. The van der Waals surface area contributed by atoms with Gasteiger partial charge in [-0.05, 0) is 51.1 Å². The van der Waals surface area contributed by atoms with Crippen molar-refractivity contribution in [3.63, 3.8) is 0 Å². The van der Waals surface area contributed by atoms with Crippen LogP contribution in [0.4, 0.5) is 0 Å². The molecule has 3 aromatic rings. The van der Waals surface area contributed by atoms with Gasteiger partial charge in [-0.2, -0.15) is 5.10 Å². The monoisotopic (exact) mass is 388 g/mol. The highest BCUT2D eigenvalue weighted by Crippen LogP contribution is 2.21. The SMILES string of the molecule is CCn1nccc1C(C)NC(=O)c1noc(C)c1COc1ccc(Cl)cc1. The largest absolute Gasteiger partial charge is 0.489 e. The van der Waals surface area contributed by atoms with Crippen LogP contribution in [0.2, 0.25) is 5.02 Å². The molecule has 0 saturated carbocycles. The molecule has 0 saturated heterocycles. The summed E-state index contributed by atoms with van der Waals surface area (Å²) in [5.74, 6) is 0.866. The number of aromatic nitrogens is 3. The van der Waals surface area contributed by atoms with Gasteiger partial charge in [-0.3, -0.25) is 9.48 Å². The third-order valence-electron chi connectivity index (χ3n) is 4.24. The molecule has 8 heteroatoms. The fourth-order valence-electron chi connectivity index (χ4n) is 2.74. The number of carbonyl (C=O) groups excluding carboxylic acids is 1. The van der Waals surface area contributed by atoms with Crippen molar-refractivity contribution in [2.45, 2.75) is 40.0 Å². The van der Waals surface area contributed by atoms with E-state index in [0.29, 0.717) is 22.1 Å². The van der Waals surface area contributed by atoms with E-state index in [-0.39, 0.29) is 24.2 Å². The van der Waals surface area contributed by atoms with Crippen molar-refractivity contribution in [3.8, 4) is 5.75 Å². The van der Waals surface area contributed by atoms with Crippen molar-refractivity contribution in [3.05, 3.63) is 64.3 Å². The molecule has 0 aliphatic rings. The Morgan fingerprint density at radius 3 is 2.78 bits per heavy atom. The second kappa shape index (κ2) is 8.26. The van der Waals surface area contributed by atoms with E-state index in [0.717, 1.165) is 12.2 Å². The predicted molar refractivity (Wildman–Crippen MR) is 101 cm³/mol. The van der Waals surface area contributed by atoms with E-state index in [4.69, 9.17) is 20.9 Å². The van der Waals surface area contributed by atoms with Gasteiger partial charge >= 0.3 is 0 Å². The maximum absolute atomic E-state index is 12.7. The van der Waals surface area contributed by atoms with Gasteiger partial charge in [-0.15, -0.1) is 0 Å². The minimum Gasteiger partial charge on any atom is -0.489 e. The van der Waals surface area contributed by atoms with Crippen LogP contribution in [0.15, 0.2) is 41.1 Å². The number of carbonyl (C=O) groups is 1. The number of amides is 1. The van der Waals surface area contributed by atoms with Crippen LogP contribution in [0.25, 0.3) is 0 Å². The number of nitrogens with one attached hydrogen (secondary N) is 1. The van der Waals surface area contributed by atoms with Crippen molar-refractivity contribution >= 4 is 17.5 Å². The van der Waals surface area contributed by atoms with Crippen LogP contribution >= 0.6 is 11.6 Å². The van der Waals surface area contributed by atoms with Gasteiger partial charge < -0.3 is 14.6 Å². The first kappa shape index (κ1) is 19.0. The molecule has 3 rings (SSSR count). The molecule has 27 heavy (non-hydrogen) atoms. The van der Waals surface area contributed by atoms with Gasteiger partial charge in [0.25, 0.3) is 5.91 Å². The zero-order valence-electron chi connectivity index (χ0n) is 15.4. The van der Waals surface area contributed by atoms with Gasteiger partial charge in [0, 0.05) is 17.8 Å². The van der Waals surface area contributed by atoms with Gasteiger partial charge in [0.05, 0.1) is 17.3 Å². The van der Waals surface area contributed by atoms with E-state index < -0.39 is 0 Å². The summed E-state index contributed by atoms with van der Waals surface area (Å²) >= 11 is 5.88. The summed E-state index contributed by atoms with van der Waals surface area (Å²) in [7, 11) is 0. The lowest BCUT2D eigenvalue weighted by molar-refractivity contribution is 0.0927. The number of benzene rings is 1. The van der Waals surface area contributed by atoms with Gasteiger partial charge in [-0.25, -0.2) is 0 Å². The second-order valence-corrected chi connectivity index (χ2v) is 6.51. The maximum atomic E-state index is 12.7. The molecule has 1 atom stereocenters. The maximum Gasteiger partial charge on any atom is 0.274 e. The van der Waals surface area contributed by atoms with E-state index in [1.54, 1.807) is 37.4 Å². The number of hydrogen-bond acceptors (Lipinski definition) is 5. The van der Waals surface area contributed by atoms with Crippen LogP contribution in [0.1, 0.15) is 47.4 Å². The summed E-state index contributed by atoms with van der Waals surface area (Å²) in [5.41, 5.74) is 1.75. The van der Waals surface area contributed by atoms with Gasteiger partial charge in [0.1, 0.15) is 18.1 Å². The zero-order chi connectivity index (χ0) is 19.4. The van der Waals surface area contributed by atoms with Crippen molar-refractivity contribution in [2.24, 2.45) is 0 Å². The normalized spacial score (nSPS) is 12.0. The van der Waals surface area contributed by atoms with E-state index in [1.165, 1.54) is 0 Å². The molecule has 0 radical (unpaired) electrons. The summed E-state index contributed by atoms with van der Waals surface area (Å²) in [4.78, 5) is 12.7. The first-order valence-electron chi connectivity index (χ1n) is 8.65. The lowest BCUT2D eigenvalue weighted by Crippen LogP contribution is -2.29. The van der Waals surface area contributed by atoms with Gasteiger partial charge in [0.15, 0.2) is 5.69 Å². The van der Waals surface area contributed by atoms with Crippen molar-refractivity contribution in [1.29, 1.82) is 0 Å². The van der Waals surface area contributed by atoms with Gasteiger partial charge in [0.2, 0.25) is 0 Å². The number of ether oxygens (including phenoxy) is 1. The van der Waals surface area contributed by atoms with Crippen molar-refractivity contribution < 1.29 is 14.1 Å². The first-order valence-corrected chi connectivity index (χ1v) is 9.03. The van der Waals surface area contributed by atoms with Crippen LogP contribution in [-0.2, 0) is 13.2 Å².